The fraction of sp³-hybridized carbons (Fsp3) is 0.900. The van der Waals surface area contributed by atoms with Crippen LogP contribution in [-0.2, 0) is 0 Å². The zero-order chi connectivity index (χ0) is 12.9. The molecule has 1 unspecified atom stereocenters. The highest BCUT2D eigenvalue weighted by atomic mass is 19.4. The number of nitrogens with zero attached hydrogens (tertiary/aromatic N) is 1. The van der Waals surface area contributed by atoms with E-state index in [0.717, 1.165) is 0 Å². The molecular formula is C10H15F3N2O2. The molecule has 2 aliphatic rings. The van der Waals surface area contributed by atoms with Gasteiger partial charge in [-0.2, -0.15) is 13.2 Å². The molecular weight excluding hydrogens is 237 g/mol. The smallest absolute Gasteiger partial charge is 0.380 e. The van der Waals surface area contributed by atoms with Crippen molar-refractivity contribution < 1.29 is 23.1 Å². The predicted octanol–water partition coefficient (Wildman–Crippen LogP) is 1.25. The Bertz CT molecular complexity index is 341. The third-order valence-corrected chi connectivity index (χ3v) is 3.76. The molecule has 1 saturated heterocycles. The Morgan fingerprint density at radius 2 is 1.94 bits per heavy atom. The number of aliphatic hydroxyl groups is 1. The number of alkyl halides is 3. The SMILES string of the molecule is CNC(=O)N1CCC(O)(C(F)(F)F)CC12CC2. The minimum absolute atomic E-state index is 0.0598. The summed E-state index contributed by atoms with van der Waals surface area (Å²) < 4.78 is 38.2. The van der Waals surface area contributed by atoms with E-state index >= 15 is 0 Å². The lowest BCUT2D eigenvalue weighted by atomic mass is 9.84. The number of rotatable bonds is 0. The monoisotopic (exact) mass is 252 g/mol. The first kappa shape index (κ1) is 12.5. The van der Waals surface area contributed by atoms with Crippen molar-refractivity contribution in [3.63, 3.8) is 0 Å². The lowest BCUT2D eigenvalue weighted by molar-refractivity contribution is -0.277. The standard InChI is InChI=1S/C10H15F3N2O2/c1-14-7(16)15-5-4-9(17,10(11,12)13)6-8(15)2-3-8/h17H,2-6H2,1H3,(H,14,16). The van der Waals surface area contributed by atoms with Gasteiger partial charge in [-0.25, -0.2) is 4.79 Å². The van der Waals surface area contributed by atoms with Crippen molar-refractivity contribution in [3.05, 3.63) is 0 Å². The Labute approximate surface area is 96.8 Å². The average molecular weight is 252 g/mol. The molecule has 1 atom stereocenters. The van der Waals surface area contributed by atoms with Gasteiger partial charge in [0, 0.05) is 32.0 Å². The van der Waals surface area contributed by atoms with Crippen molar-refractivity contribution in [1.29, 1.82) is 0 Å². The van der Waals surface area contributed by atoms with Crippen molar-refractivity contribution in [1.82, 2.24) is 10.2 Å². The summed E-state index contributed by atoms with van der Waals surface area (Å²) in [6, 6.07) is -0.369. The molecule has 0 aromatic rings. The van der Waals surface area contributed by atoms with Gasteiger partial charge in [-0.15, -0.1) is 0 Å². The number of nitrogens with one attached hydrogen (secondary N) is 1. The van der Waals surface area contributed by atoms with Gasteiger partial charge >= 0.3 is 12.2 Å². The summed E-state index contributed by atoms with van der Waals surface area (Å²) in [5, 5.41) is 12.1. The molecule has 0 bridgehead atoms. The molecule has 1 aliphatic heterocycles. The summed E-state index contributed by atoms with van der Waals surface area (Å²) >= 11 is 0. The second kappa shape index (κ2) is 3.51. The molecule has 2 amide bonds. The summed E-state index contributed by atoms with van der Waals surface area (Å²) in [5.41, 5.74) is -3.43. The van der Waals surface area contributed by atoms with Gasteiger partial charge in [-0.05, 0) is 12.8 Å². The largest absolute Gasteiger partial charge is 0.417 e. The highest BCUT2D eigenvalue weighted by Crippen LogP contribution is 2.54. The number of carbonyl (C=O) groups excluding carboxylic acids is 1. The zero-order valence-corrected chi connectivity index (χ0v) is 9.47. The number of urea groups is 1. The fourth-order valence-electron chi connectivity index (χ4n) is 2.55. The number of carbonyl (C=O) groups is 1. The molecule has 7 heteroatoms. The van der Waals surface area contributed by atoms with Crippen LogP contribution in [0, 0.1) is 0 Å². The first-order valence-electron chi connectivity index (χ1n) is 5.53. The molecule has 98 valence electrons. The summed E-state index contributed by atoms with van der Waals surface area (Å²) in [6.07, 6.45) is -4.43. The minimum Gasteiger partial charge on any atom is -0.380 e. The Hall–Kier alpha value is -0.980. The third-order valence-electron chi connectivity index (χ3n) is 3.76. The van der Waals surface area contributed by atoms with Crippen molar-refractivity contribution in [2.24, 2.45) is 0 Å². The lowest BCUT2D eigenvalue weighted by Gasteiger charge is -2.45. The minimum atomic E-state index is -4.63. The number of likely N-dealkylation sites (tertiary alicyclic amines) is 1. The van der Waals surface area contributed by atoms with Crippen LogP contribution in [0.25, 0.3) is 0 Å². The van der Waals surface area contributed by atoms with Crippen LogP contribution in [0.3, 0.4) is 0 Å². The van der Waals surface area contributed by atoms with E-state index in [1.165, 1.54) is 11.9 Å². The predicted molar refractivity (Wildman–Crippen MR) is 53.4 cm³/mol. The van der Waals surface area contributed by atoms with Crippen molar-refractivity contribution >= 4 is 6.03 Å². The molecule has 4 nitrogen and oxygen atoms in total. The number of piperidine rings is 1. The van der Waals surface area contributed by atoms with Crippen LogP contribution in [-0.4, -0.2) is 46.9 Å². The second-order valence-electron chi connectivity index (χ2n) is 4.89. The molecule has 0 radical (unpaired) electrons. The molecule has 0 aromatic carbocycles. The van der Waals surface area contributed by atoms with Gasteiger partial charge in [-0.3, -0.25) is 0 Å². The maximum absolute atomic E-state index is 12.7. The lowest BCUT2D eigenvalue weighted by Crippen LogP contribution is -2.61. The van der Waals surface area contributed by atoms with E-state index in [1.54, 1.807) is 0 Å². The molecule has 1 aliphatic carbocycles. The van der Waals surface area contributed by atoms with E-state index in [2.05, 4.69) is 5.32 Å². The first-order valence-corrected chi connectivity index (χ1v) is 5.53. The zero-order valence-electron chi connectivity index (χ0n) is 9.47. The Kier molecular flexibility index (Phi) is 2.57. The van der Waals surface area contributed by atoms with Gasteiger partial charge < -0.3 is 15.3 Å². The maximum Gasteiger partial charge on any atom is 0.417 e. The molecule has 1 saturated carbocycles. The quantitative estimate of drug-likeness (QED) is 0.681. The summed E-state index contributed by atoms with van der Waals surface area (Å²) in [6.45, 7) is -0.0598. The highest BCUT2D eigenvalue weighted by Gasteiger charge is 2.65. The van der Waals surface area contributed by atoms with Gasteiger partial charge in [0.15, 0.2) is 5.60 Å². The Morgan fingerprint density at radius 3 is 2.35 bits per heavy atom. The number of amides is 2. The number of hydrogen-bond donors (Lipinski definition) is 2. The van der Waals surface area contributed by atoms with Crippen molar-refractivity contribution in [3.8, 4) is 0 Å². The Morgan fingerprint density at radius 1 is 1.35 bits per heavy atom. The highest BCUT2D eigenvalue weighted by molar-refractivity contribution is 5.75. The topological polar surface area (TPSA) is 52.6 Å². The van der Waals surface area contributed by atoms with Gasteiger partial charge in [0.05, 0.1) is 0 Å². The van der Waals surface area contributed by atoms with Gasteiger partial charge in [0.1, 0.15) is 0 Å². The van der Waals surface area contributed by atoms with Crippen molar-refractivity contribution in [2.45, 2.75) is 43.0 Å². The van der Waals surface area contributed by atoms with Gasteiger partial charge in [0.25, 0.3) is 0 Å². The van der Waals surface area contributed by atoms with Crippen LogP contribution in [0.15, 0.2) is 0 Å². The van der Waals surface area contributed by atoms with Gasteiger partial charge in [0.2, 0.25) is 0 Å². The summed E-state index contributed by atoms with van der Waals surface area (Å²) in [7, 11) is 1.45. The van der Waals surface area contributed by atoms with Crippen LogP contribution in [0.5, 0.6) is 0 Å². The van der Waals surface area contributed by atoms with E-state index in [0.29, 0.717) is 12.8 Å². The van der Waals surface area contributed by atoms with Crippen LogP contribution < -0.4 is 5.32 Å². The Balaban J connectivity index is 2.18. The molecule has 1 heterocycles. The number of halogens is 3. The fourth-order valence-corrected chi connectivity index (χ4v) is 2.55. The summed E-state index contributed by atoms with van der Waals surface area (Å²) in [5.74, 6) is 0. The molecule has 2 N–H and O–H groups in total. The average Bonchev–Trinajstić information content (AvgIpc) is 2.96. The maximum atomic E-state index is 12.7. The van der Waals surface area contributed by atoms with E-state index in [-0.39, 0.29) is 12.6 Å². The van der Waals surface area contributed by atoms with E-state index < -0.39 is 30.2 Å². The first-order chi connectivity index (χ1) is 7.74. The van der Waals surface area contributed by atoms with Crippen LogP contribution in [0.4, 0.5) is 18.0 Å². The van der Waals surface area contributed by atoms with Crippen LogP contribution in [0.2, 0.25) is 0 Å². The van der Waals surface area contributed by atoms with E-state index in [4.69, 9.17) is 0 Å². The summed E-state index contributed by atoms with van der Waals surface area (Å²) in [4.78, 5) is 13.0. The molecule has 0 aromatic heterocycles. The molecule has 2 rings (SSSR count). The van der Waals surface area contributed by atoms with Crippen molar-refractivity contribution in [2.75, 3.05) is 13.6 Å². The normalized spacial score (nSPS) is 31.5. The van der Waals surface area contributed by atoms with Crippen LogP contribution >= 0.6 is 0 Å². The third kappa shape index (κ3) is 1.86. The van der Waals surface area contributed by atoms with Gasteiger partial charge in [-0.1, -0.05) is 0 Å². The van der Waals surface area contributed by atoms with E-state index in [1.807, 2.05) is 0 Å². The molecule has 1 spiro atoms. The second-order valence-corrected chi connectivity index (χ2v) is 4.89. The van der Waals surface area contributed by atoms with E-state index in [9.17, 15) is 23.1 Å². The number of hydrogen-bond acceptors (Lipinski definition) is 2. The molecule has 17 heavy (non-hydrogen) atoms. The van der Waals surface area contributed by atoms with Crippen LogP contribution in [0.1, 0.15) is 25.7 Å². The molecule has 2 fully saturated rings.